The van der Waals surface area contributed by atoms with Crippen LogP contribution in [0.25, 0.3) is 22.3 Å². The number of ether oxygens (including phenoxy) is 1. The lowest BCUT2D eigenvalue weighted by molar-refractivity contribution is 0.414. The zero-order valence-electron chi connectivity index (χ0n) is 17.6. The fraction of sp³-hybridized carbons (Fsp3) is 0.174. The number of nitrogens with one attached hydrogen (secondary N) is 1. The summed E-state index contributed by atoms with van der Waals surface area (Å²) in [5.74, 6) is 0.708. The number of hydrogen-bond acceptors (Lipinski definition) is 5. The first-order valence-electron chi connectivity index (χ1n) is 10.0. The quantitative estimate of drug-likeness (QED) is 0.445. The molecule has 0 spiro atoms. The number of aromatic amines is 1. The van der Waals surface area contributed by atoms with E-state index in [0.717, 1.165) is 16.7 Å². The third kappa shape index (κ3) is 3.43. The average Bonchev–Trinajstić information content (AvgIpc) is 3.55. The number of nitrogens with zero attached hydrogens (tertiary/aromatic N) is 4. The molecule has 0 amide bonds. The summed E-state index contributed by atoms with van der Waals surface area (Å²) in [7, 11) is 3.41. The summed E-state index contributed by atoms with van der Waals surface area (Å²) in [5.41, 5.74) is 3.31. The van der Waals surface area contributed by atoms with Gasteiger partial charge in [0.2, 0.25) is 0 Å². The summed E-state index contributed by atoms with van der Waals surface area (Å²) in [4.78, 5) is 30.0. The molecule has 9 nitrogen and oxygen atoms in total. The van der Waals surface area contributed by atoms with Crippen molar-refractivity contribution in [1.29, 1.82) is 0 Å². The summed E-state index contributed by atoms with van der Waals surface area (Å²) in [6.07, 6.45) is 6.70. The highest BCUT2D eigenvalue weighted by Crippen LogP contribution is 2.22. The highest BCUT2D eigenvalue weighted by molar-refractivity contribution is 5.82. The van der Waals surface area contributed by atoms with Crippen LogP contribution in [-0.4, -0.2) is 31.0 Å². The number of furan rings is 1. The van der Waals surface area contributed by atoms with Crippen LogP contribution in [0.15, 0.2) is 75.3 Å². The molecule has 4 heterocycles. The van der Waals surface area contributed by atoms with Gasteiger partial charge in [-0.05, 0) is 29.8 Å². The third-order valence-electron chi connectivity index (χ3n) is 5.44. The van der Waals surface area contributed by atoms with Gasteiger partial charge < -0.3 is 14.1 Å². The zero-order valence-corrected chi connectivity index (χ0v) is 17.6. The molecule has 0 bridgehead atoms. The van der Waals surface area contributed by atoms with E-state index >= 15 is 0 Å². The normalized spacial score (nSPS) is 11.3. The maximum atomic E-state index is 13.4. The number of fused-ring (bicyclic) bond motifs is 1. The molecule has 0 atom stereocenters. The van der Waals surface area contributed by atoms with E-state index in [1.807, 2.05) is 31.4 Å². The Kier molecular flexibility index (Phi) is 4.78. The lowest BCUT2D eigenvalue weighted by Gasteiger charge is -2.12. The molecular formula is C23H21N5O4. The summed E-state index contributed by atoms with van der Waals surface area (Å²) in [6.45, 7) is 0.420. The first kappa shape index (κ1) is 19.7. The van der Waals surface area contributed by atoms with Crippen molar-refractivity contribution < 1.29 is 9.15 Å². The van der Waals surface area contributed by atoms with Crippen molar-refractivity contribution in [2.24, 2.45) is 7.05 Å². The largest absolute Gasteiger partial charge is 0.497 e. The monoisotopic (exact) mass is 431 g/mol. The Morgan fingerprint density at radius 2 is 1.84 bits per heavy atom. The van der Waals surface area contributed by atoms with E-state index in [-0.39, 0.29) is 18.6 Å². The lowest BCUT2D eigenvalue weighted by atomic mass is 10.2. The second-order valence-electron chi connectivity index (χ2n) is 7.59. The fourth-order valence-corrected chi connectivity index (χ4v) is 3.78. The van der Waals surface area contributed by atoms with Gasteiger partial charge in [-0.15, -0.1) is 0 Å². The maximum Gasteiger partial charge on any atom is 0.332 e. The first-order valence-corrected chi connectivity index (χ1v) is 10.0. The molecule has 0 radical (unpaired) electrons. The molecule has 0 aliphatic rings. The van der Waals surface area contributed by atoms with Crippen LogP contribution in [-0.2, 0) is 20.1 Å². The average molecular weight is 431 g/mol. The minimum absolute atomic E-state index is 0.143. The molecule has 1 aromatic carbocycles. The van der Waals surface area contributed by atoms with Gasteiger partial charge in [-0.25, -0.2) is 4.79 Å². The van der Waals surface area contributed by atoms with Gasteiger partial charge in [0.05, 0.1) is 50.1 Å². The summed E-state index contributed by atoms with van der Waals surface area (Å²) < 4.78 is 14.9. The Morgan fingerprint density at radius 3 is 2.50 bits per heavy atom. The van der Waals surface area contributed by atoms with Crippen LogP contribution in [0.3, 0.4) is 0 Å². The number of methoxy groups -OCH3 is 1. The molecule has 0 aliphatic heterocycles. The second-order valence-corrected chi connectivity index (χ2v) is 7.59. The molecular weight excluding hydrogens is 410 g/mol. The summed E-state index contributed by atoms with van der Waals surface area (Å²) in [6, 6.07) is 10.9. The molecule has 5 aromatic rings. The summed E-state index contributed by atoms with van der Waals surface area (Å²) in [5, 5.41) is 4.20. The molecule has 0 aliphatic carbocycles. The number of benzene rings is 1. The molecule has 0 unspecified atom stereocenters. The van der Waals surface area contributed by atoms with E-state index < -0.39 is 5.69 Å². The van der Waals surface area contributed by atoms with E-state index in [2.05, 4.69) is 10.1 Å². The minimum Gasteiger partial charge on any atom is -0.497 e. The Labute approximate surface area is 182 Å². The Balaban J connectivity index is 1.69. The van der Waals surface area contributed by atoms with Gasteiger partial charge in [-0.2, -0.15) is 5.10 Å². The van der Waals surface area contributed by atoms with E-state index in [1.54, 1.807) is 53.3 Å². The smallest absolute Gasteiger partial charge is 0.332 e. The molecule has 162 valence electrons. The van der Waals surface area contributed by atoms with Crippen molar-refractivity contribution in [2.75, 3.05) is 7.11 Å². The molecule has 1 N–H and O–H groups in total. The Bertz CT molecular complexity index is 1500. The Morgan fingerprint density at radius 1 is 1.06 bits per heavy atom. The van der Waals surface area contributed by atoms with Gasteiger partial charge in [0, 0.05) is 24.4 Å². The van der Waals surface area contributed by atoms with Crippen molar-refractivity contribution in [3.8, 4) is 17.0 Å². The van der Waals surface area contributed by atoms with Gasteiger partial charge in [0.25, 0.3) is 5.56 Å². The van der Waals surface area contributed by atoms with E-state index in [9.17, 15) is 9.59 Å². The van der Waals surface area contributed by atoms with E-state index in [0.29, 0.717) is 22.5 Å². The predicted molar refractivity (Wildman–Crippen MR) is 119 cm³/mol. The summed E-state index contributed by atoms with van der Waals surface area (Å²) >= 11 is 0. The number of aryl methyl sites for hydroxylation is 1. The molecule has 0 fully saturated rings. The van der Waals surface area contributed by atoms with Crippen LogP contribution in [0.2, 0.25) is 0 Å². The SMILES string of the molecule is COc1ccc(Cn2c(=O)c3[nH]c(-c4cnn(C)c4)cc3n(Cc3ccoc3)c2=O)cc1. The van der Waals surface area contributed by atoms with Crippen molar-refractivity contribution in [3.05, 3.63) is 93.3 Å². The number of rotatable bonds is 6. The molecule has 0 saturated carbocycles. The van der Waals surface area contributed by atoms with Crippen LogP contribution >= 0.6 is 0 Å². The first-order chi connectivity index (χ1) is 15.5. The van der Waals surface area contributed by atoms with Gasteiger partial charge in [0.15, 0.2) is 0 Å². The van der Waals surface area contributed by atoms with Gasteiger partial charge in [-0.3, -0.25) is 18.6 Å². The van der Waals surface area contributed by atoms with E-state index in [1.165, 1.54) is 4.57 Å². The molecule has 4 aromatic heterocycles. The van der Waals surface area contributed by atoms with Gasteiger partial charge in [0.1, 0.15) is 11.3 Å². The van der Waals surface area contributed by atoms with Crippen molar-refractivity contribution in [1.82, 2.24) is 23.9 Å². The van der Waals surface area contributed by atoms with Crippen molar-refractivity contribution >= 4 is 11.0 Å². The number of H-pyrrole nitrogens is 1. The molecule has 32 heavy (non-hydrogen) atoms. The standard InChI is InChI=1S/C23H21N5O4/c1-26-13-17(10-24-26)19-9-20-21(25-19)22(29)28(11-15-3-5-18(31-2)6-4-15)23(30)27(20)12-16-7-8-32-14-16/h3-10,13-14,25H,11-12H2,1-2H3. The molecule has 5 rings (SSSR count). The zero-order chi connectivity index (χ0) is 22.2. The van der Waals surface area contributed by atoms with Crippen LogP contribution in [0.5, 0.6) is 5.75 Å². The molecule has 9 heteroatoms. The van der Waals surface area contributed by atoms with Crippen molar-refractivity contribution in [3.63, 3.8) is 0 Å². The fourth-order valence-electron chi connectivity index (χ4n) is 3.78. The highest BCUT2D eigenvalue weighted by Gasteiger charge is 2.18. The molecule has 0 saturated heterocycles. The Hall–Kier alpha value is -4.27. The second kappa shape index (κ2) is 7.77. The van der Waals surface area contributed by atoms with Crippen LogP contribution in [0, 0.1) is 0 Å². The lowest BCUT2D eigenvalue weighted by Crippen LogP contribution is -2.40. The van der Waals surface area contributed by atoms with E-state index in [4.69, 9.17) is 9.15 Å². The minimum atomic E-state index is -0.392. The van der Waals surface area contributed by atoms with Crippen molar-refractivity contribution in [2.45, 2.75) is 13.1 Å². The van der Waals surface area contributed by atoms with Gasteiger partial charge >= 0.3 is 5.69 Å². The van der Waals surface area contributed by atoms with Crippen LogP contribution < -0.4 is 16.0 Å². The number of aromatic nitrogens is 5. The van der Waals surface area contributed by atoms with Crippen LogP contribution in [0.1, 0.15) is 11.1 Å². The topological polar surface area (TPSA) is 100.0 Å². The van der Waals surface area contributed by atoms with Crippen LogP contribution in [0.4, 0.5) is 0 Å². The third-order valence-corrected chi connectivity index (χ3v) is 5.44. The highest BCUT2D eigenvalue weighted by atomic mass is 16.5. The predicted octanol–water partition coefficient (Wildman–Crippen LogP) is 2.59. The maximum absolute atomic E-state index is 13.4. The van der Waals surface area contributed by atoms with Gasteiger partial charge in [-0.1, -0.05) is 12.1 Å². The number of hydrogen-bond donors (Lipinski definition) is 1.